The fraction of sp³-hybridized carbons (Fsp3) is 0.333. The van der Waals surface area contributed by atoms with Gasteiger partial charge in [0.15, 0.2) is 11.5 Å². The van der Waals surface area contributed by atoms with Crippen molar-refractivity contribution in [3.8, 4) is 0 Å². The van der Waals surface area contributed by atoms with Crippen LogP contribution in [0.15, 0.2) is 16.5 Å². The van der Waals surface area contributed by atoms with E-state index in [-0.39, 0.29) is 5.92 Å². The fourth-order valence-corrected chi connectivity index (χ4v) is 1.82. The van der Waals surface area contributed by atoms with Gasteiger partial charge < -0.3 is 9.73 Å². The molecule has 17 heavy (non-hydrogen) atoms. The first-order valence-corrected chi connectivity index (χ1v) is 6.24. The topological polar surface area (TPSA) is 38.1 Å². The standard InChI is InChI=1S/C12H14N2OS2/c1-6(2)11-13-9-4-7(3)8(14-12(16)17)5-10(9)15-11/h4-6H,1-3H3,(H2,14,16,17). The summed E-state index contributed by atoms with van der Waals surface area (Å²) >= 11 is 8.98. The molecule has 0 saturated heterocycles. The number of hydrogen-bond acceptors (Lipinski definition) is 3. The zero-order chi connectivity index (χ0) is 12.6. The van der Waals surface area contributed by atoms with Crippen LogP contribution in [0.1, 0.15) is 31.2 Å². The van der Waals surface area contributed by atoms with Crippen LogP contribution in [0.2, 0.25) is 0 Å². The van der Waals surface area contributed by atoms with E-state index in [0.29, 0.717) is 4.32 Å². The van der Waals surface area contributed by atoms with E-state index >= 15 is 0 Å². The molecule has 0 spiro atoms. The molecule has 0 saturated carbocycles. The normalized spacial score (nSPS) is 11.1. The number of benzene rings is 1. The van der Waals surface area contributed by atoms with Crippen molar-refractivity contribution >= 4 is 46.0 Å². The highest BCUT2D eigenvalue weighted by atomic mass is 32.1. The molecule has 0 unspecified atom stereocenters. The van der Waals surface area contributed by atoms with Crippen LogP contribution in [0, 0.1) is 6.92 Å². The van der Waals surface area contributed by atoms with Gasteiger partial charge in [-0.3, -0.25) is 0 Å². The first-order chi connectivity index (χ1) is 7.97. The highest BCUT2D eigenvalue weighted by Crippen LogP contribution is 2.26. The van der Waals surface area contributed by atoms with E-state index in [9.17, 15) is 0 Å². The Morgan fingerprint density at radius 3 is 2.76 bits per heavy atom. The van der Waals surface area contributed by atoms with Crippen LogP contribution < -0.4 is 5.32 Å². The van der Waals surface area contributed by atoms with Gasteiger partial charge in [-0.05, 0) is 18.6 Å². The van der Waals surface area contributed by atoms with Gasteiger partial charge in [0.2, 0.25) is 0 Å². The molecule has 1 heterocycles. The van der Waals surface area contributed by atoms with Gasteiger partial charge in [0.1, 0.15) is 9.84 Å². The van der Waals surface area contributed by atoms with E-state index in [1.807, 2.05) is 19.1 Å². The smallest absolute Gasteiger partial charge is 0.198 e. The Labute approximate surface area is 111 Å². The average molecular weight is 266 g/mol. The van der Waals surface area contributed by atoms with Crippen molar-refractivity contribution in [1.82, 2.24) is 4.98 Å². The number of thiocarbonyl (C=S) groups is 1. The molecule has 1 aromatic heterocycles. The maximum Gasteiger partial charge on any atom is 0.198 e. The van der Waals surface area contributed by atoms with Crippen LogP contribution in [0.3, 0.4) is 0 Å². The third kappa shape index (κ3) is 2.61. The molecule has 3 nitrogen and oxygen atoms in total. The van der Waals surface area contributed by atoms with E-state index in [1.165, 1.54) is 0 Å². The van der Waals surface area contributed by atoms with Crippen LogP contribution in [-0.4, -0.2) is 9.30 Å². The second kappa shape index (κ2) is 4.66. The lowest BCUT2D eigenvalue weighted by molar-refractivity contribution is 0.501. The number of hydrogen-bond donors (Lipinski definition) is 2. The minimum absolute atomic E-state index is 0.282. The van der Waals surface area contributed by atoms with E-state index < -0.39 is 0 Å². The second-order valence-electron chi connectivity index (χ2n) is 4.27. The van der Waals surface area contributed by atoms with E-state index in [0.717, 1.165) is 28.2 Å². The molecule has 2 rings (SSSR count). The second-order valence-corrected chi connectivity index (χ2v) is 5.43. The molecule has 0 bridgehead atoms. The lowest BCUT2D eigenvalue weighted by Gasteiger charge is -2.06. The molecule has 0 amide bonds. The van der Waals surface area contributed by atoms with Crippen molar-refractivity contribution in [2.45, 2.75) is 26.7 Å². The number of thiol groups is 1. The highest BCUT2D eigenvalue weighted by molar-refractivity contribution is 8.11. The Bertz CT molecular complexity index is 575. The molecule has 5 heteroatoms. The summed E-state index contributed by atoms with van der Waals surface area (Å²) < 4.78 is 6.13. The Hall–Kier alpha value is -1.07. The van der Waals surface area contributed by atoms with Gasteiger partial charge in [0.05, 0.1) is 0 Å². The lowest BCUT2D eigenvalue weighted by atomic mass is 10.2. The van der Waals surface area contributed by atoms with Crippen LogP contribution in [-0.2, 0) is 0 Å². The van der Waals surface area contributed by atoms with Crippen LogP contribution in [0.4, 0.5) is 5.69 Å². The maximum absolute atomic E-state index is 5.69. The monoisotopic (exact) mass is 266 g/mol. The van der Waals surface area contributed by atoms with Gasteiger partial charge in [-0.2, -0.15) is 0 Å². The minimum Gasteiger partial charge on any atom is -0.440 e. The molecular weight excluding hydrogens is 252 g/mol. The Balaban J connectivity index is 2.51. The van der Waals surface area contributed by atoms with Gasteiger partial charge in [-0.15, -0.1) is 12.6 Å². The summed E-state index contributed by atoms with van der Waals surface area (Å²) in [4.78, 5) is 4.45. The largest absolute Gasteiger partial charge is 0.440 e. The molecule has 0 radical (unpaired) electrons. The number of aromatic nitrogens is 1. The number of fused-ring (bicyclic) bond motifs is 1. The van der Waals surface area contributed by atoms with Gasteiger partial charge >= 0.3 is 0 Å². The quantitative estimate of drug-likeness (QED) is 0.639. The number of nitrogens with zero attached hydrogens (tertiary/aromatic N) is 1. The third-order valence-electron chi connectivity index (χ3n) is 2.49. The average Bonchev–Trinajstić information content (AvgIpc) is 2.60. The molecule has 90 valence electrons. The number of oxazole rings is 1. The van der Waals surface area contributed by atoms with Crippen molar-refractivity contribution in [2.24, 2.45) is 0 Å². The van der Waals surface area contributed by atoms with Crippen LogP contribution >= 0.6 is 24.8 Å². The number of anilines is 1. The number of rotatable bonds is 2. The SMILES string of the molecule is Cc1cc2nc(C(C)C)oc2cc1NC(=S)S. The van der Waals surface area contributed by atoms with Crippen LogP contribution in [0.5, 0.6) is 0 Å². The molecule has 0 aliphatic rings. The van der Waals surface area contributed by atoms with Gasteiger partial charge in [0, 0.05) is 17.7 Å². The summed E-state index contributed by atoms with van der Waals surface area (Å²) in [6, 6.07) is 3.89. The van der Waals surface area contributed by atoms with E-state index in [2.05, 4.69) is 36.8 Å². The van der Waals surface area contributed by atoms with Crippen molar-refractivity contribution in [2.75, 3.05) is 5.32 Å². The van der Waals surface area contributed by atoms with E-state index in [4.69, 9.17) is 16.6 Å². The zero-order valence-electron chi connectivity index (χ0n) is 9.94. The maximum atomic E-state index is 5.69. The van der Waals surface area contributed by atoms with Crippen molar-refractivity contribution in [1.29, 1.82) is 0 Å². The molecule has 0 atom stereocenters. The first kappa shape index (κ1) is 12.4. The predicted molar refractivity (Wildman–Crippen MR) is 78.0 cm³/mol. The van der Waals surface area contributed by atoms with Crippen molar-refractivity contribution in [3.05, 3.63) is 23.6 Å². The summed E-state index contributed by atoms with van der Waals surface area (Å²) in [6.07, 6.45) is 0. The Kier molecular flexibility index (Phi) is 3.40. The molecule has 0 fully saturated rings. The van der Waals surface area contributed by atoms with E-state index in [1.54, 1.807) is 0 Å². The molecule has 1 N–H and O–H groups in total. The zero-order valence-corrected chi connectivity index (χ0v) is 11.7. The van der Waals surface area contributed by atoms with Gasteiger partial charge in [-0.25, -0.2) is 4.98 Å². The predicted octanol–water partition coefficient (Wildman–Crippen LogP) is 3.89. The van der Waals surface area contributed by atoms with Gasteiger partial charge in [0.25, 0.3) is 0 Å². The summed E-state index contributed by atoms with van der Waals surface area (Å²) in [6.45, 7) is 6.11. The highest BCUT2D eigenvalue weighted by Gasteiger charge is 2.11. The molecule has 2 aromatic rings. The van der Waals surface area contributed by atoms with Crippen LogP contribution in [0.25, 0.3) is 11.1 Å². The molecular formula is C12H14N2OS2. The summed E-state index contributed by atoms with van der Waals surface area (Å²) in [5.74, 6) is 1.04. The third-order valence-corrected chi connectivity index (χ3v) is 2.70. The minimum atomic E-state index is 0.282. The fourth-order valence-electron chi connectivity index (χ4n) is 1.59. The molecule has 0 aliphatic heterocycles. The lowest BCUT2D eigenvalue weighted by Crippen LogP contribution is -2.02. The number of nitrogens with one attached hydrogen (secondary N) is 1. The van der Waals surface area contributed by atoms with Crippen molar-refractivity contribution < 1.29 is 4.42 Å². The van der Waals surface area contributed by atoms with Gasteiger partial charge in [-0.1, -0.05) is 26.1 Å². The Morgan fingerprint density at radius 1 is 1.47 bits per heavy atom. The number of aryl methyl sites for hydroxylation is 1. The summed E-state index contributed by atoms with van der Waals surface area (Å²) in [5, 5.41) is 3.01. The molecule has 0 aliphatic carbocycles. The summed E-state index contributed by atoms with van der Waals surface area (Å²) in [5.41, 5.74) is 3.62. The van der Waals surface area contributed by atoms with Crippen molar-refractivity contribution in [3.63, 3.8) is 0 Å². The molecule has 1 aromatic carbocycles. The Morgan fingerprint density at radius 2 is 2.18 bits per heavy atom. The summed E-state index contributed by atoms with van der Waals surface area (Å²) in [7, 11) is 0. The first-order valence-electron chi connectivity index (χ1n) is 5.38.